The van der Waals surface area contributed by atoms with Crippen LogP contribution in [0.15, 0.2) is 90.1 Å². The van der Waals surface area contributed by atoms with Crippen molar-refractivity contribution in [3.63, 3.8) is 0 Å². The molecule has 2 N–H and O–H groups in total. The molecule has 9 nitrogen and oxygen atoms in total. The first-order chi connectivity index (χ1) is 16.9. The fourth-order valence-corrected chi connectivity index (χ4v) is 5.01. The van der Waals surface area contributed by atoms with Crippen molar-refractivity contribution in [1.29, 1.82) is 0 Å². The normalized spacial score (nSPS) is 15.8. The van der Waals surface area contributed by atoms with Crippen molar-refractivity contribution in [3.8, 4) is 0 Å². The number of amides is 2. The summed E-state index contributed by atoms with van der Waals surface area (Å²) in [5.41, 5.74) is 1.22. The predicted molar refractivity (Wildman–Crippen MR) is 132 cm³/mol. The van der Waals surface area contributed by atoms with Gasteiger partial charge in [-0.1, -0.05) is 36.4 Å². The Kier molecular flexibility index (Phi) is 5.87. The van der Waals surface area contributed by atoms with E-state index in [1.54, 1.807) is 11.0 Å². The molecule has 0 aliphatic carbocycles. The van der Waals surface area contributed by atoms with Crippen molar-refractivity contribution in [2.24, 2.45) is 5.92 Å². The molecule has 4 aromatic rings. The summed E-state index contributed by atoms with van der Waals surface area (Å²) < 4.78 is 27.3. The number of sulfonamides is 1. The summed E-state index contributed by atoms with van der Waals surface area (Å²) in [4.78, 5) is 35.0. The van der Waals surface area contributed by atoms with E-state index >= 15 is 0 Å². The third-order valence-electron chi connectivity index (χ3n) is 5.78. The van der Waals surface area contributed by atoms with Gasteiger partial charge in [0.25, 0.3) is 10.0 Å². The molecule has 0 spiro atoms. The highest BCUT2D eigenvalue weighted by molar-refractivity contribution is 7.92. The Labute approximate surface area is 201 Å². The zero-order valence-electron chi connectivity index (χ0n) is 18.5. The fourth-order valence-electron chi connectivity index (χ4n) is 4.05. The van der Waals surface area contributed by atoms with E-state index in [4.69, 9.17) is 0 Å². The van der Waals surface area contributed by atoms with E-state index in [9.17, 15) is 18.0 Å². The lowest BCUT2D eigenvalue weighted by atomic mass is 10.1. The molecule has 35 heavy (non-hydrogen) atoms. The number of aromatic nitrogens is 2. The maximum atomic E-state index is 12.9. The molecular weight excluding hydrogens is 466 g/mol. The van der Waals surface area contributed by atoms with Crippen LogP contribution in [0.4, 0.5) is 17.3 Å². The van der Waals surface area contributed by atoms with Crippen molar-refractivity contribution in [1.82, 2.24) is 9.97 Å². The van der Waals surface area contributed by atoms with Crippen LogP contribution in [0.25, 0.3) is 10.8 Å². The average Bonchev–Trinajstić information content (AvgIpc) is 3.26. The van der Waals surface area contributed by atoms with E-state index in [-0.39, 0.29) is 35.6 Å². The Morgan fingerprint density at radius 3 is 2.40 bits per heavy atom. The summed E-state index contributed by atoms with van der Waals surface area (Å²) in [7, 11) is -3.88. The number of carbonyl (C=O) groups excluding carboxylic acids is 2. The van der Waals surface area contributed by atoms with Gasteiger partial charge in [-0.05, 0) is 41.8 Å². The number of fused-ring (bicyclic) bond motifs is 1. The van der Waals surface area contributed by atoms with Gasteiger partial charge in [-0.3, -0.25) is 9.59 Å². The molecule has 1 aromatic heterocycles. The van der Waals surface area contributed by atoms with Crippen LogP contribution in [0.5, 0.6) is 0 Å². The van der Waals surface area contributed by atoms with E-state index in [2.05, 4.69) is 20.0 Å². The number of hydrogen-bond donors (Lipinski definition) is 2. The maximum Gasteiger partial charge on any atom is 0.264 e. The summed E-state index contributed by atoms with van der Waals surface area (Å²) in [5.74, 6) is -0.974. The molecule has 1 aliphatic rings. The van der Waals surface area contributed by atoms with E-state index in [1.165, 1.54) is 36.7 Å². The van der Waals surface area contributed by atoms with Gasteiger partial charge < -0.3 is 10.2 Å². The topological polar surface area (TPSA) is 121 Å². The average molecular weight is 488 g/mol. The van der Waals surface area contributed by atoms with Gasteiger partial charge in [-0.15, -0.1) is 0 Å². The fraction of sp³-hybridized carbons (Fsp3) is 0.120. The van der Waals surface area contributed by atoms with Crippen LogP contribution in [-0.4, -0.2) is 36.7 Å². The van der Waals surface area contributed by atoms with Gasteiger partial charge in [0.1, 0.15) is 0 Å². The summed E-state index contributed by atoms with van der Waals surface area (Å²) in [6.45, 7) is 0.270. The molecule has 0 radical (unpaired) electrons. The molecule has 3 aromatic carbocycles. The highest BCUT2D eigenvalue weighted by Crippen LogP contribution is 2.32. The first kappa shape index (κ1) is 22.5. The molecule has 1 fully saturated rings. The minimum Gasteiger partial charge on any atom is -0.326 e. The molecule has 1 atom stereocenters. The van der Waals surface area contributed by atoms with Crippen LogP contribution in [-0.2, 0) is 19.6 Å². The molecule has 0 bridgehead atoms. The van der Waals surface area contributed by atoms with Crippen LogP contribution in [0.1, 0.15) is 6.42 Å². The Hall–Kier alpha value is -4.31. The number of carbonyl (C=O) groups is 2. The van der Waals surface area contributed by atoms with Crippen molar-refractivity contribution >= 4 is 49.9 Å². The zero-order chi connectivity index (χ0) is 24.4. The van der Waals surface area contributed by atoms with E-state index in [1.807, 2.05) is 42.5 Å². The number of anilines is 3. The van der Waals surface area contributed by atoms with Crippen molar-refractivity contribution in [2.45, 2.75) is 11.3 Å². The molecule has 0 saturated carbocycles. The molecule has 2 amide bonds. The summed E-state index contributed by atoms with van der Waals surface area (Å²) in [5, 5.41) is 4.76. The smallest absolute Gasteiger partial charge is 0.264 e. The second-order valence-electron chi connectivity index (χ2n) is 8.10. The minimum atomic E-state index is -3.88. The first-order valence-electron chi connectivity index (χ1n) is 10.9. The largest absolute Gasteiger partial charge is 0.326 e. The molecule has 1 saturated heterocycles. The van der Waals surface area contributed by atoms with Crippen LogP contribution >= 0.6 is 0 Å². The lowest BCUT2D eigenvalue weighted by Crippen LogP contribution is -2.28. The molecule has 10 heteroatoms. The van der Waals surface area contributed by atoms with Gasteiger partial charge >= 0.3 is 0 Å². The predicted octanol–water partition coefficient (Wildman–Crippen LogP) is 3.42. The standard InChI is InChI=1S/C25H21N5O4S/c31-23-15-18(16-30(23)22-8-3-6-17-5-1-2-7-21(17)22)24(32)28-19-9-11-20(12-10-19)35(33,34)29-25-26-13-4-14-27-25/h1-14,18H,15-16H2,(H,28,32)(H,26,27,29)/t18-/m0/s1. The quantitative estimate of drug-likeness (QED) is 0.430. The third kappa shape index (κ3) is 4.69. The second-order valence-corrected chi connectivity index (χ2v) is 9.78. The highest BCUT2D eigenvalue weighted by atomic mass is 32.2. The first-order valence-corrected chi connectivity index (χ1v) is 12.4. The monoisotopic (exact) mass is 487 g/mol. The zero-order valence-corrected chi connectivity index (χ0v) is 19.3. The number of benzene rings is 3. The van der Waals surface area contributed by atoms with Gasteiger partial charge in [-0.25, -0.2) is 23.1 Å². The number of nitrogens with one attached hydrogen (secondary N) is 2. The van der Waals surface area contributed by atoms with Gasteiger partial charge in [0, 0.05) is 36.4 Å². The van der Waals surface area contributed by atoms with Crippen LogP contribution < -0.4 is 14.9 Å². The lowest BCUT2D eigenvalue weighted by Gasteiger charge is -2.19. The number of nitrogens with zero attached hydrogens (tertiary/aromatic N) is 3. The third-order valence-corrected chi connectivity index (χ3v) is 7.12. The SMILES string of the molecule is O=C(Nc1ccc(S(=O)(=O)Nc2ncccn2)cc1)[C@H]1CC(=O)N(c2cccc3ccccc23)C1. The van der Waals surface area contributed by atoms with Crippen molar-refractivity contribution in [3.05, 3.63) is 85.2 Å². The van der Waals surface area contributed by atoms with Gasteiger partial charge in [-0.2, -0.15) is 0 Å². The second kappa shape index (κ2) is 9.15. The lowest BCUT2D eigenvalue weighted by molar-refractivity contribution is -0.122. The molecule has 1 aliphatic heterocycles. The Morgan fingerprint density at radius 1 is 0.914 bits per heavy atom. The summed E-state index contributed by atoms with van der Waals surface area (Å²) in [6, 6.07) is 20.9. The van der Waals surface area contributed by atoms with Gasteiger partial charge in [0.2, 0.25) is 17.8 Å². The van der Waals surface area contributed by atoms with Crippen molar-refractivity contribution < 1.29 is 18.0 Å². The maximum absolute atomic E-state index is 12.9. The Balaban J connectivity index is 1.27. The van der Waals surface area contributed by atoms with Crippen molar-refractivity contribution in [2.75, 3.05) is 21.5 Å². The molecule has 5 rings (SSSR count). The highest BCUT2D eigenvalue weighted by Gasteiger charge is 2.35. The van der Waals surface area contributed by atoms with Crippen LogP contribution in [0, 0.1) is 5.92 Å². The van der Waals surface area contributed by atoms with Gasteiger partial charge in [0.05, 0.1) is 16.5 Å². The van der Waals surface area contributed by atoms with E-state index in [0.29, 0.717) is 5.69 Å². The van der Waals surface area contributed by atoms with E-state index < -0.39 is 15.9 Å². The molecular formula is C25H21N5O4S. The number of rotatable bonds is 6. The summed E-state index contributed by atoms with van der Waals surface area (Å²) in [6.07, 6.45) is 2.96. The van der Waals surface area contributed by atoms with E-state index in [0.717, 1.165) is 16.5 Å². The van der Waals surface area contributed by atoms with Gasteiger partial charge in [0.15, 0.2) is 0 Å². The molecule has 176 valence electrons. The Morgan fingerprint density at radius 2 is 1.63 bits per heavy atom. The molecule has 2 heterocycles. The van der Waals surface area contributed by atoms with Crippen LogP contribution in [0.3, 0.4) is 0 Å². The molecule has 0 unspecified atom stereocenters. The Bertz CT molecular complexity index is 1500. The minimum absolute atomic E-state index is 0.00104. The summed E-state index contributed by atoms with van der Waals surface area (Å²) >= 11 is 0. The number of hydrogen-bond acceptors (Lipinski definition) is 6. The van der Waals surface area contributed by atoms with Crippen LogP contribution in [0.2, 0.25) is 0 Å².